The van der Waals surface area contributed by atoms with Gasteiger partial charge in [0, 0.05) is 5.56 Å². The van der Waals surface area contributed by atoms with Gasteiger partial charge in [-0.15, -0.1) is 0 Å². The van der Waals surface area contributed by atoms with Crippen molar-refractivity contribution in [3.63, 3.8) is 0 Å². The molecule has 0 spiro atoms. The maximum atomic E-state index is 11.9. The summed E-state index contributed by atoms with van der Waals surface area (Å²) in [5, 5.41) is 20.9. The van der Waals surface area contributed by atoms with Gasteiger partial charge in [-0.05, 0) is 31.0 Å². The number of benzene rings is 1. The van der Waals surface area contributed by atoms with Crippen molar-refractivity contribution in [1.29, 1.82) is 0 Å². The molecule has 0 bridgehead atoms. The predicted octanol–water partition coefficient (Wildman–Crippen LogP) is 1.07. The van der Waals surface area contributed by atoms with E-state index in [2.05, 4.69) is 5.32 Å². The highest BCUT2D eigenvalue weighted by molar-refractivity contribution is 5.94. The molecular formula is C13H19NO3. The molecule has 0 fully saturated rings. The Morgan fingerprint density at radius 2 is 1.88 bits per heavy atom. The lowest BCUT2D eigenvalue weighted by Gasteiger charge is -2.27. The third-order valence-corrected chi connectivity index (χ3v) is 2.94. The molecule has 94 valence electrons. The molecule has 0 radical (unpaired) electrons. The standard InChI is InChI=1S/C13H19NO3/c1-3-13(2,9-16)14-12(17)11-6-4-10(8-15)5-7-11/h4-7,15-16H,3,8-9H2,1-2H3,(H,14,17). The van der Waals surface area contributed by atoms with Gasteiger partial charge in [0.1, 0.15) is 0 Å². The molecule has 1 amide bonds. The fourth-order valence-electron chi connectivity index (χ4n) is 1.35. The van der Waals surface area contributed by atoms with Gasteiger partial charge < -0.3 is 15.5 Å². The quantitative estimate of drug-likeness (QED) is 0.717. The van der Waals surface area contributed by atoms with Crippen LogP contribution in [0.3, 0.4) is 0 Å². The van der Waals surface area contributed by atoms with E-state index in [0.717, 1.165) is 5.56 Å². The van der Waals surface area contributed by atoms with Crippen LogP contribution >= 0.6 is 0 Å². The van der Waals surface area contributed by atoms with E-state index in [1.54, 1.807) is 31.2 Å². The van der Waals surface area contributed by atoms with Crippen LogP contribution < -0.4 is 5.32 Å². The van der Waals surface area contributed by atoms with E-state index in [9.17, 15) is 9.90 Å². The summed E-state index contributed by atoms with van der Waals surface area (Å²) < 4.78 is 0. The minimum Gasteiger partial charge on any atom is -0.394 e. The Morgan fingerprint density at radius 1 is 1.29 bits per heavy atom. The fourth-order valence-corrected chi connectivity index (χ4v) is 1.35. The number of nitrogens with one attached hydrogen (secondary N) is 1. The van der Waals surface area contributed by atoms with E-state index < -0.39 is 5.54 Å². The van der Waals surface area contributed by atoms with Gasteiger partial charge >= 0.3 is 0 Å². The first-order chi connectivity index (χ1) is 8.04. The van der Waals surface area contributed by atoms with Gasteiger partial charge in [-0.1, -0.05) is 19.1 Å². The maximum absolute atomic E-state index is 11.9. The van der Waals surface area contributed by atoms with Crippen molar-refractivity contribution in [1.82, 2.24) is 5.32 Å². The molecule has 0 aromatic heterocycles. The summed E-state index contributed by atoms with van der Waals surface area (Å²) in [6.45, 7) is 3.58. The average Bonchev–Trinajstić information content (AvgIpc) is 2.38. The predicted molar refractivity (Wildman–Crippen MR) is 65.6 cm³/mol. The highest BCUT2D eigenvalue weighted by Gasteiger charge is 2.23. The Hall–Kier alpha value is -1.39. The Balaban J connectivity index is 2.75. The second-order valence-electron chi connectivity index (χ2n) is 4.38. The largest absolute Gasteiger partial charge is 0.394 e. The zero-order valence-corrected chi connectivity index (χ0v) is 10.2. The molecule has 4 nitrogen and oxygen atoms in total. The molecule has 17 heavy (non-hydrogen) atoms. The molecule has 0 aliphatic carbocycles. The van der Waals surface area contributed by atoms with Crippen molar-refractivity contribution < 1.29 is 15.0 Å². The number of carbonyl (C=O) groups excluding carboxylic acids is 1. The fraction of sp³-hybridized carbons (Fsp3) is 0.462. The van der Waals surface area contributed by atoms with Gasteiger partial charge in [-0.25, -0.2) is 0 Å². The second kappa shape index (κ2) is 5.80. The molecule has 1 aromatic carbocycles. The van der Waals surface area contributed by atoms with Gasteiger partial charge in [-0.3, -0.25) is 4.79 Å². The molecule has 0 aliphatic heterocycles. The van der Waals surface area contributed by atoms with E-state index >= 15 is 0 Å². The first-order valence-corrected chi connectivity index (χ1v) is 5.68. The van der Waals surface area contributed by atoms with E-state index in [1.807, 2.05) is 6.92 Å². The first kappa shape index (κ1) is 13.7. The van der Waals surface area contributed by atoms with Gasteiger partial charge in [0.25, 0.3) is 5.91 Å². The van der Waals surface area contributed by atoms with E-state index in [4.69, 9.17) is 5.11 Å². The number of hydrogen-bond donors (Lipinski definition) is 3. The van der Waals surface area contributed by atoms with Gasteiger partial charge in [0.2, 0.25) is 0 Å². The number of aliphatic hydroxyl groups is 2. The maximum Gasteiger partial charge on any atom is 0.251 e. The lowest BCUT2D eigenvalue weighted by molar-refractivity contribution is 0.0847. The third-order valence-electron chi connectivity index (χ3n) is 2.94. The molecule has 1 atom stereocenters. The molecule has 3 N–H and O–H groups in total. The van der Waals surface area contributed by atoms with Crippen LogP contribution in [-0.2, 0) is 6.61 Å². The normalized spacial score (nSPS) is 14.1. The Labute approximate surface area is 101 Å². The van der Waals surface area contributed by atoms with E-state index in [0.29, 0.717) is 12.0 Å². The summed E-state index contributed by atoms with van der Waals surface area (Å²) >= 11 is 0. The molecule has 1 rings (SSSR count). The van der Waals surface area contributed by atoms with Crippen molar-refractivity contribution in [2.45, 2.75) is 32.4 Å². The van der Waals surface area contributed by atoms with Crippen molar-refractivity contribution >= 4 is 5.91 Å². The first-order valence-electron chi connectivity index (χ1n) is 5.68. The molecule has 0 aliphatic rings. The van der Waals surface area contributed by atoms with Crippen LogP contribution in [0.4, 0.5) is 0 Å². The number of rotatable bonds is 5. The topological polar surface area (TPSA) is 69.6 Å². The summed E-state index contributed by atoms with van der Waals surface area (Å²) in [5.74, 6) is -0.215. The van der Waals surface area contributed by atoms with Crippen LogP contribution in [0.25, 0.3) is 0 Å². The number of hydrogen-bond acceptors (Lipinski definition) is 3. The van der Waals surface area contributed by atoms with Crippen LogP contribution in [-0.4, -0.2) is 28.3 Å². The van der Waals surface area contributed by atoms with Crippen LogP contribution in [0, 0.1) is 0 Å². The van der Waals surface area contributed by atoms with Crippen molar-refractivity contribution in [2.24, 2.45) is 0 Å². The molecule has 1 aromatic rings. The molecule has 0 saturated heterocycles. The third kappa shape index (κ3) is 3.54. The summed E-state index contributed by atoms with van der Waals surface area (Å²) in [7, 11) is 0. The minimum atomic E-state index is -0.591. The summed E-state index contributed by atoms with van der Waals surface area (Å²) in [6.07, 6.45) is 0.657. The molecule has 0 saturated carbocycles. The summed E-state index contributed by atoms with van der Waals surface area (Å²) in [6, 6.07) is 6.73. The lowest BCUT2D eigenvalue weighted by Crippen LogP contribution is -2.48. The zero-order valence-electron chi connectivity index (χ0n) is 10.2. The molecule has 4 heteroatoms. The smallest absolute Gasteiger partial charge is 0.251 e. The van der Waals surface area contributed by atoms with Crippen molar-refractivity contribution in [3.8, 4) is 0 Å². The van der Waals surface area contributed by atoms with Gasteiger partial charge in [0.05, 0.1) is 18.8 Å². The zero-order chi connectivity index (χ0) is 12.9. The number of aliphatic hydroxyl groups excluding tert-OH is 2. The second-order valence-corrected chi connectivity index (χ2v) is 4.38. The average molecular weight is 237 g/mol. The Kier molecular flexibility index (Phi) is 4.66. The monoisotopic (exact) mass is 237 g/mol. The van der Waals surface area contributed by atoms with Crippen molar-refractivity contribution in [3.05, 3.63) is 35.4 Å². The van der Waals surface area contributed by atoms with Crippen LogP contribution in [0.2, 0.25) is 0 Å². The highest BCUT2D eigenvalue weighted by Crippen LogP contribution is 2.10. The van der Waals surface area contributed by atoms with E-state index in [-0.39, 0.29) is 19.1 Å². The Bertz CT molecular complexity index is 369. The SMILES string of the molecule is CCC(C)(CO)NC(=O)c1ccc(CO)cc1. The highest BCUT2D eigenvalue weighted by atomic mass is 16.3. The minimum absolute atomic E-state index is 0.0365. The van der Waals surface area contributed by atoms with Crippen molar-refractivity contribution in [2.75, 3.05) is 6.61 Å². The molecular weight excluding hydrogens is 218 g/mol. The molecule has 0 heterocycles. The van der Waals surface area contributed by atoms with Crippen LogP contribution in [0.1, 0.15) is 36.2 Å². The number of amides is 1. The van der Waals surface area contributed by atoms with Gasteiger partial charge in [0.15, 0.2) is 0 Å². The molecule has 1 unspecified atom stereocenters. The summed E-state index contributed by atoms with van der Waals surface area (Å²) in [5.41, 5.74) is 0.699. The Morgan fingerprint density at radius 3 is 2.29 bits per heavy atom. The van der Waals surface area contributed by atoms with E-state index in [1.165, 1.54) is 0 Å². The number of carbonyl (C=O) groups is 1. The van der Waals surface area contributed by atoms with Crippen LogP contribution in [0.5, 0.6) is 0 Å². The van der Waals surface area contributed by atoms with Gasteiger partial charge in [-0.2, -0.15) is 0 Å². The lowest BCUT2D eigenvalue weighted by atomic mass is 9.99. The van der Waals surface area contributed by atoms with Crippen LogP contribution in [0.15, 0.2) is 24.3 Å². The summed E-state index contributed by atoms with van der Waals surface area (Å²) in [4.78, 5) is 11.9.